The Kier molecular flexibility index (Phi) is 2.81. The van der Waals surface area contributed by atoms with Crippen LogP contribution in [0.15, 0.2) is 54.6 Å². The highest BCUT2D eigenvalue weighted by atomic mass is 31.1. The second-order valence-corrected chi connectivity index (χ2v) is 4.35. The Morgan fingerprint density at radius 3 is 2.14 bits per heavy atom. The van der Waals surface area contributed by atoms with Gasteiger partial charge in [0, 0.05) is 0 Å². The normalized spacial score (nSPS) is 10.9. The van der Waals surface area contributed by atoms with Gasteiger partial charge in [-0.3, -0.25) is 0 Å². The largest absolute Gasteiger partial charge is 0.872 e. The summed E-state index contributed by atoms with van der Waals surface area (Å²) in [5, 5.41) is 13.5. The lowest BCUT2D eigenvalue weighted by molar-refractivity contribution is -0.266. The maximum atomic E-state index is 11.4. The molecule has 0 spiro atoms. The molecule has 0 saturated carbocycles. The summed E-state index contributed by atoms with van der Waals surface area (Å²) in [5.74, 6) is 0.134. The van der Waals surface area contributed by atoms with Crippen LogP contribution in [-0.2, 0) is 0 Å². The number of hydrogen-bond acceptors (Lipinski definition) is 1. The fraction of sp³-hybridized carbons (Fsp3) is 0. The quantitative estimate of drug-likeness (QED) is 0.673. The van der Waals surface area contributed by atoms with Crippen LogP contribution in [0.3, 0.4) is 0 Å². The van der Waals surface area contributed by atoms with Crippen LogP contribution in [0, 0.1) is 0 Å². The third kappa shape index (κ3) is 2.12. The van der Waals surface area contributed by atoms with E-state index in [-0.39, 0.29) is 5.75 Å². The molecule has 70 valence electrons. The summed E-state index contributed by atoms with van der Waals surface area (Å²) in [7, 11) is 0.463. The van der Waals surface area contributed by atoms with E-state index >= 15 is 0 Å². The average molecular weight is 201 g/mol. The third-order valence-corrected chi connectivity index (χ3v) is 3.24. The minimum Gasteiger partial charge on any atom is -0.872 e. The van der Waals surface area contributed by atoms with Gasteiger partial charge >= 0.3 is 0 Å². The Morgan fingerprint density at radius 2 is 1.43 bits per heavy atom. The first-order chi connectivity index (χ1) is 6.86. The second-order valence-electron chi connectivity index (χ2n) is 2.99. The van der Waals surface area contributed by atoms with Crippen LogP contribution in [0.5, 0.6) is 5.75 Å². The van der Waals surface area contributed by atoms with Crippen molar-refractivity contribution in [2.45, 2.75) is 0 Å². The van der Waals surface area contributed by atoms with Gasteiger partial charge in [0.15, 0.2) is 0 Å². The van der Waals surface area contributed by atoms with Gasteiger partial charge < -0.3 is 5.11 Å². The van der Waals surface area contributed by atoms with Gasteiger partial charge in [0.1, 0.15) is 0 Å². The van der Waals surface area contributed by atoms with E-state index in [1.54, 1.807) is 12.1 Å². The van der Waals surface area contributed by atoms with Crippen LogP contribution in [-0.4, -0.2) is 0 Å². The summed E-state index contributed by atoms with van der Waals surface area (Å²) in [6, 6.07) is 17.3. The fourth-order valence-corrected chi connectivity index (χ4v) is 2.30. The van der Waals surface area contributed by atoms with Crippen molar-refractivity contribution in [3.8, 4) is 5.75 Å². The summed E-state index contributed by atoms with van der Waals surface area (Å²) in [6.45, 7) is 0. The van der Waals surface area contributed by atoms with Crippen LogP contribution in [0.4, 0.5) is 0 Å². The fourth-order valence-electron chi connectivity index (χ4n) is 1.25. The third-order valence-electron chi connectivity index (χ3n) is 1.94. The molecule has 0 N–H and O–H groups in total. The van der Waals surface area contributed by atoms with E-state index in [1.165, 1.54) is 5.30 Å². The van der Waals surface area contributed by atoms with Crippen molar-refractivity contribution in [1.82, 2.24) is 0 Å². The van der Waals surface area contributed by atoms with Crippen molar-refractivity contribution >= 4 is 19.2 Å². The molecule has 2 aromatic carbocycles. The van der Waals surface area contributed by atoms with Gasteiger partial charge in [-0.25, -0.2) is 0 Å². The molecule has 2 aromatic rings. The molecule has 0 aliphatic rings. The molecule has 0 bridgehead atoms. The lowest BCUT2D eigenvalue weighted by Gasteiger charge is -2.12. The molecule has 0 fully saturated rings. The van der Waals surface area contributed by atoms with E-state index in [0.29, 0.717) is 8.58 Å². The molecule has 0 amide bonds. The predicted octanol–water partition coefficient (Wildman–Crippen LogP) is 1.39. The molecular formula is C12H10OP-. The number of benzene rings is 2. The van der Waals surface area contributed by atoms with Gasteiger partial charge in [0.05, 0.1) is 0 Å². The Balaban J connectivity index is 2.24. The zero-order valence-electron chi connectivity index (χ0n) is 7.60. The van der Waals surface area contributed by atoms with Crippen molar-refractivity contribution in [2.24, 2.45) is 0 Å². The topological polar surface area (TPSA) is 23.1 Å². The maximum Gasteiger partial charge on any atom is -0.0226 e. The Hall–Kier alpha value is -1.33. The molecule has 1 nitrogen and oxygen atoms in total. The lowest BCUT2D eigenvalue weighted by Crippen LogP contribution is -2.08. The molecule has 2 rings (SSSR count). The first-order valence-electron chi connectivity index (χ1n) is 4.44. The van der Waals surface area contributed by atoms with E-state index < -0.39 is 0 Å². The smallest absolute Gasteiger partial charge is 0.0226 e. The van der Waals surface area contributed by atoms with E-state index in [4.69, 9.17) is 0 Å². The summed E-state index contributed by atoms with van der Waals surface area (Å²) in [5.41, 5.74) is 0. The molecule has 0 heterocycles. The van der Waals surface area contributed by atoms with Crippen molar-refractivity contribution < 1.29 is 5.11 Å². The SMILES string of the molecule is [O-]c1ccccc1Pc1ccccc1. The first kappa shape index (κ1) is 9.23. The number of hydrogen-bond donors (Lipinski definition) is 0. The van der Waals surface area contributed by atoms with E-state index in [1.807, 2.05) is 42.5 Å². The van der Waals surface area contributed by atoms with Crippen molar-refractivity contribution in [1.29, 1.82) is 0 Å². The average Bonchev–Trinajstić information content (AvgIpc) is 2.23. The van der Waals surface area contributed by atoms with Gasteiger partial charge in [0.2, 0.25) is 0 Å². The molecule has 1 atom stereocenters. The van der Waals surface area contributed by atoms with Gasteiger partial charge in [-0.1, -0.05) is 63.2 Å². The standard InChI is InChI=1S/C12H11OP/c13-11-8-4-5-9-12(11)14-10-6-2-1-3-7-10/h1-9,13-14H/p-1. The zero-order chi connectivity index (χ0) is 9.80. The van der Waals surface area contributed by atoms with Crippen LogP contribution in [0.2, 0.25) is 0 Å². The first-order valence-corrected chi connectivity index (χ1v) is 5.44. The highest BCUT2D eigenvalue weighted by molar-refractivity contribution is 7.55. The monoisotopic (exact) mass is 201 g/mol. The minimum atomic E-state index is 0.134. The molecule has 0 aromatic heterocycles. The van der Waals surface area contributed by atoms with Crippen LogP contribution < -0.4 is 15.7 Å². The highest BCUT2D eigenvalue weighted by Gasteiger charge is 1.94. The molecule has 2 heteroatoms. The van der Waals surface area contributed by atoms with Crippen LogP contribution in [0.25, 0.3) is 0 Å². The molecule has 14 heavy (non-hydrogen) atoms. The predicted molar refractivity (Wildman–Crippen MR) is 59.9 cm³/mol. The van der Waals surface area contributed by atoms with Crippen molar-refractivity contribution in [3.63, 3.8) is 0 Å². The maximum absolute atomic E-state index is 11.4. The summed E-state index contributed by atoms with van der Waals surface area (Å²) >= 11 is 0. The number of rotatable bonds is 2. The Labute approximate surface area is 85.2 Å². The zero-order valence-corrected chi connectivity index (χ0v) is 8.60. The van der Waals surface area contributed by atoms with Crippen LogP contribution in [0.1, 0.15) is 0 Å². The number of para-hydroxylation sites is 1. The van der Waals surface area contributed by atoms with E-state index in [0.717, 1.165) is 5.30 Å². The van der Waals surface area contributed by atoms with E-state index in [2.05, 4.69) is 0 Å². The van der Waals surface area contributed by atoms with Gasteiger partial charge in [-0.05, 0) is 10.6 Å². The lowest BCUT2D eigenvalue weighted by atomic mass is 10.3. The molecule has 0 aliphatic carbocycles. The Morgan fingerprint density at radius 1 is 0.786 bits per heavy atom. The molecule has 0 radical (unpaired) electrons. The second kappa shape index (κ2) is 4.26. The van der Waals surface area contributed by atoms with E-state index in [9.17, 15) is 5.11 Å². The van der Waals surface area contributed by atoms with Gasteiger partial charge in [0.25, 0.3) is 0 Å². The summed E-state index contributed by atoms with van der Waals surface area (Å²) < 4.78 is 0. The van der Waals surface area contributed by atoms with Gasteiger partial charge in [-0.15, -0.1) is 5.75 Å². The highest BCUT2D eigenvalue weighted by Crippen LogP contribution is 2.15. The molecular weight excluding hydrogens is 191 g/mol. The van der Waals surface area contributed by atoms with Gasteiger partial charge in [-0.2, -0.15) is 0 Å². The summed E-state index contributed by atoms with van der Waals surface area (Å²) in [4.78, 5) is 0. The Bertz CT molecular complexity index is 412. The molecule has 0 aliphatic heterocycles. The van der Waals surface area contributed by atoms with Crippen molar-refractivity contribution in [3.05, 3.63) is 54.6 Å². The van der Waals surface area contributed by atoms with Crippen LogP contribution >= 0.6 is 8.58 Å². The van der Waals surface area contributed by atoms with Crippen molar-refractivity contribution in [2.75, 3.05) is 0 Å². The molecule has 1 unspecified atom stereocenters. The molecule has 0 saturated heterocycles. The minimum absolute atomic E-state index is 0.134. The summed E-state index contributed by atoms with van der Waals surface area (Å²) in [6.07, 6.45) is 0.